The van der Waals surface area contributed by atoms with Crippen LogP contribution in [-0.4, -0.2) is 34.2 Å². The van der Waals surface area contributed by atoms with E-state index in [9.17, 15) is 24.5 Å². The van der Waals surface area contributed by atoms with Gasteiger partial charge in [0.05, 0.1) is 4.92 Å². The number of hydrogen-bond donors (Lipinski definition) is 2. The van der Waals surface area contributed by atoms with Gasteiger partial charge in [-0.25, -0.2) is 4.79 Å². The van der Waals surface area contributed by atoms with Gasteiger partial charge in [-0.2, -0.15) is 0 Å². The molecule has 0 saturated carbocycles. The summed E-state index contributed by atoms with van der Waals surface area (Å²) in [5.41, 5.74) is 0.419. The Morgan fingerprint density at radius 3 is 2.40 bits per heavy atom. The average Bonchev–Trinajstić information content (AvgIpc) is 2.92. The van der Waals surface area contributed by atoms with Gasteiger partial charge in [0.15, 0.2) is 0 Å². The lowest BCUT2D eigenvalue weighted by Gasteiger charge is -2.22. The lowest BCUT2D eigenvalue weighted by atomic mass is 9.92. The Morgan fingerprint density at radius 1 is 1.17 bits per heavy atom. The number of anilines is 1. The third-order valence-electron chi connectivity index (χ3n) is 5.09. The van der Waals surface area contributed by atoms with E-state index in [0.717, 1.165) is 10.5 Å². The third-order valence-corrected chi connectivity index (χ3v) is 5.09. The largest absolute Gasteiger partial charge is 0.325 e. The monoisotopic (exact) mass is 410 g/mol. The molecule has 1 fully saturated rings. The van der Waals surface area contributed by atoms with Crippen LogP contribution >= 0.6 is 0 Å². The molecule has 0 aromatic heterocycles. The molecule has 0 radical (unpaired) electrons. The number of carbonyl (C=O) groups excluding carboxylic acids is 3. The van der Waals surface area contributed by atoms with Crippen LogP contribution in [0, 0.1) is 10.1 Å². The smallest absolute Gasteiger partial charge is 0.324 e. The number of imide groups is 1. The van der Waals surface area contributed by atoms with Crippen molar-refractivity contribution in [1.29, 1.82) is 0 Å². The molecule has 0 unspecified atom stereocenters. The normalized spacial score (nSPS) is 18.5. The molecule has 0 bridgehead atoms. The number of rotatable bonds is 6. The molecule has 2 aromatic carbocycles. The average molecular weight is 410 g/mol. The summed E-state index contributed by atoms with van der Waals surface area (Å²) in [6.07, 6.45) is 0. The first-order chi connectivity index (χ1) is 14.1. The molecule has 1 aliphatic rings. The quantitative estimate of drug-likeness (QED) is 0.430. The number of para-hydroxylation sites is 1. The molecule has 3 rings (SSSR count). The fourth-order valence-corrected chi connectivity index (χ4v) is 3.40. The fraction of sp³-hybridized carbons (Fsp3) is 0.286. The van der Waals surface area contributed by atoms with E-state index >= 15 is 0 Å². The van der Waals surface area contributed by atoms with Crippen molar-refractivity contribution >= 4 is 29.2 Å². The topological polar surface area (TPSA) is 122 Å². The highest BCUT2D eigenvalue weighted by Crippen LogP contribution is 2.30. The number of urea groups is 1. The number of nitro groups is 1. The summed E-state index contributed by atoms with van der Waals surface area (Å²) in [6.45, 7) is 5.05. The van der Waals surface area contributed by atoms with Crippen molar-refractivity contribution in [3.8, 4) is 0 Å². The first kappa shape index (κ1) is 21.0. The number of nitrogens with one attached hydrogen (secondary N) is 2. The van der Waals surface area contributed by atoms with E-state index in [0.29, 0.717) is 11.3 Å². The maximum atomic E-state index is 12.9. The Labute approximate surface area is 173 Å². The maximum Gasteiger partial charge on any atom is 0.325 e. The van der Waals surface area contributed by atoms with E-state index < -0.39 is 34.9 Å². The molecular weight excluding hydrogens is 388 g/mol. The minimum Gasteiger partial charge on any atom is -0.324 e. The second-order valence-corrected chi connectivity index (χ2v) is 7.54. The van der Waals surface area contributed by atoms with Gasteiger partial charge < -0.3 is 10.6 Å². The summed E-state index contributed by atoms with van der Waals surface area (Å²) >= 11 is 0. The number of nitrogens with zero attached hydrogens (tertiary/aromatic N) is 2. The maximum absolute atomic E-state index is 12.9. The molecule has 0 spiro atoms. The van der Waals surface area contributed by atoms with Gasteiger partial charge >= 0.3 is 6.03 Å². The highest BCUT2D eigenvalue weighted by molar-refractivity contribution is 6.10. The van der Waals surface area contributed by atoms with E-state index in [1.54, 1.807) is 12.1 Å². The van der Waals surface area contributed by atoms with Gasteiger partial charge in [0.25, 0.3) is 11.6 Å². The number of hydrogen-bond acceptors (Lipinski definition) is 5. The van der Waals surface area contributed by atoms with E-state index in [1.807, 2.05) is 26.0 Å². The first-order valence-electron chi connectivity index (χ1n) is 9.41. The van der Waals surface area contributed by atoms with Gasteiger partial charge in [0.2, 0.25) is 5.91 Å². The third kappa shape index (κ3) is 3.86. The van der Waals surface area contributed by atoms with Crippen LogP contribution in [0.1, 0.15) is 37.8 Å². The molecular formula is C21H22N4O5. The first-order valence-corrected chi connectivity index (χ1v) is 9.41. The summed E-state index contributed by atoms with van der Waals surface area (Å²) in [6, 6.07) is 12.0. The Morgan fingerprint density at radius 2 is 1.80 bits per heavy atom. The summed E-state index contributed by atoms with van der Waals surface area (Å²) < 4.78 is 0. The summed E-state index contributed by atoms with van der Waals surface area (Å²) in [7, 11) is 0. The van der Waals surface area contributed by atoms with Crippen molar-refractivity contribution in [1.82, 2.24) is 10.2 Å². The minimum absolute atomic E-state index is 0.126. The van der Waals surface area contributed by atoms with Crippen LogP contribution < -0.4 is 10.6 Å². The Kier molecular flexibility index (Phi) is 5.55. The number of non-ortho nitro benzene ring substituents is 1. The predicted molar refractivity (Wildman–Crippen MR) is 110 cm³/mol. The van der Waals surface area contributed by atoms with Gasteiger partial charge in [-0.15, -0.1) is 0 Å². The molecule has 9 nitrogen and oxygen atoms in total. The van der Waals surface area contributed by atoms with Crippen LogP contribution in [0.3, 0.4) is 0 Å². The van der Waals surface area contributed by atoms with Crippen molar-refractivity contribution in [3.63, 3.8) is 0 Å². The Bertz CT molecular complexity index is 1020. The SMILES string of the molecule is CC(C)c1ccccc1NC(=O)CN1C(=O)N[C@](C)(c2ccc([N+](=O)[O-])cc2)C1=O. The summed E-state index contributed by atoms with van der Waals surface area (Å²) in [5.74, 6) is -0.920. The molecule has 1 atom stereocenters. The zero-order valence-electron chi connectivity index (χ0n) is 16.8. The van der Waals surface area contributed by atoms with Crippen molar-refractivity contribution in [2.75, 3.05) is 11.9 Å². The van der Waals surface area contributed by atoms with Crippen LogP contribution in [0.2, 0.25) is 0 Å². The van der Waals surface area contributed by atoms with Crippen LogP contribution in [0.25, 0.3) is 0 Å². The van der Waals surface area contributed by atoms with Crippen LogP contribution in [0.5, 0.6) is 0 Å². The lowest BCUT2D eigenvalue weighted by molar-refractivity contribution is -0.384. The van der Waals surface area contributed by atoms with E-state index in [-0.39, 0.29) is 11.6 Å². The van der Waals surface area contributed by atoms with Crippen molar-refractivity contribution in [2.24, 2.45) is 0 Å². The Hall–Kier alpha value is -3.75. The second kappa shape index (κ2) is 7.94. The molecule has 1 aliphatic heterocycles. The molecule has 1 heterocycles. The number of nitro benzene ring substituents is 1. The summed E-state index contributed by atoms with van der Waals surface area (Å²) in [5, 5.41) is 16.2. The minimum atomic E-state index is -1.41. The standard InChI is InChI=1S/C21H22N4O5/c1-13(2)16-6-4-5-7-17(16)22-18(26)12-24-19(27)21(3,23-20(24)28)14-8-10-15(11-9-14)25(29)30/h4-11,13H,12H2,1-3H3,(H,22,26)(H,23,28)/t21-/m1/s1. The number of amides is 4. The highest BCUT2D eigenvalue weighted by Gasteiger charge is 2.49. The molecule has 2 N–H and O–H groups in total. The zero-order valence-corrected chi connectivity index (χ0v) is 16.8. The number of benzene rings is 2. The van der Waals surface area contributed by atoms with Gasteiger partial charge in [0.1, 0.15) is 12.1 Å². The summed E-state index contributed by atoms with van der Waals surface area (Å²) in [4.78, 5) is 49.0. The van der Waals surface area contributed by atoms with Crippen molar-refractivity contribution < 1.29 is 19.3 Å². The second-order valence-electron chi connectivity index (χ2n) is 7.54. The van der Waals surface area contributed by atoms with Crippen LogP contribution in [0.15, 0.2) is 48.5 Å². The molecule has 2 aromatic rings. The molecule has 9 heteroatoms. The molecule has 0 aliphatic carbocycles. The highest BCUT2D eigenvalue weighted by atomic mass is 16.6. The molecule has 1 saturated heterocycles. The van der Waals surface area contributed by atoms with Gasteiger partial charge in [-0.1, -0.05) is 32.0 Å². The van der Waals surface area contributed by atoms with Crippen LogP contribution in [0.4, 0.5) is 16.2 Å². The molecule has 156 valence electrons. The van der Waals surface area contributed by atoms with Gasteiger partial charge in [0, 0.05) is 17.8 Å². The van der Waals surface area contributed by atoms with Crippen LogP contribution in [-0.2, 0) is 15.1 Å². The number of carbonyl (C=O) groups is 3. The lowest BCUT2D eigenvalue weighted by Crippen LogP contribution is -2.42. The molecule has 4 amide bonds. The zero-order chi connectivity index (χ0) is 22.1. The predicted octanol–water partition coefficient (Wildman–Crippen LogP) is 3.12. The van der Waals surface area contributed by atoms with E-state index in [2.05, 4.69) is 10.6 Å². The molecule has 30 heavy (non-hydrogen) atoms. The van der Waals surface area contributed by atoms with Crippen molar-refractivity contribution in [3.05, 3.63) is 69.8 Å². The van der Waals surface area contributed by atoms with E-state index in [1.165, 1.54) is 31.2 Å². The van der Waals surface area contributed by atoms with Crippen molar-refractivity contribution in [2.45, 2.75) is 32.2 Å². The fourth-order valence-electron chi connectivity index (χ4n) is 3.40. The van der Waals surface area contributed by atoms with E-state index in [4.69, 9.17) is 0 Å². The Balaban J connectivity index is 1.76. The van der Waals surface area contributed by atoms with Gasteiger partial charge in [-0.3, -0.25) is 24.6 Å². The van der Waals surface area contributed by atoms with Gasteiger partial charge in [-0.05, 0) is 42.2 Å².